The van der Waals surface area contributed by atoms with E-state index in [1.165, 1.54) is 0 Å². The largest absolute Gasteiger partial charge is 0.508 e. The van der Waals surface area contributed by atoms with Crippen LogP contribution in [0.15, 0.2) is 48.5 Å². The van der Waals surface area contributed by atoms with E-state index in [0.717, 1.165) is 44.1 Å². The summed E-state index contributed by atoms with van der Waals surface area (Å²) in [7, 11) is 1.63. The number of carbonyl (C=O) groups is 1. The molecule has 2 aromatic carbocycles. The fourth-order valence-electron chi connectivity index (χ4n) is 5.33. The third-order valence-corrected chi connectivity index (χ3v) is 6.80. The van der Waals surface area contributed by atoms with Crippen molar-refractivity contribution in [2.75, 3.05) is 53.0 Å². The quantitative estimate of drug-likeness (QED) is 0.809. The molecule has 0 saturated carbocycles. The van der Waals surface area contributed by atoms with Gasteiger partial charge in [0.25, 0.3) is 5.91 Å². The maximum Gasteiger partial charge on any atom is 0.253 e. The van der Waals surface area contributed by atoms with Gasteiger partial charge in [-0.15, -0.1) is 0 Å². The van der Waals surface area contributed by atoms with Gasteiger partial charge < -0.3 is 19.5 Å². The minimum absolute atomic E-state index is 0.0563. The smallest absolute Gasteiger partial charge is 0.253 e. The molecule has 1 spiro atoms. The summed E-state index contributed by atoms with van der Waals surface area (Å²) in [6, 6.07) is 15.1. The van der Waals surface area contributed by atoms with Crippen LogP contribution in [0.25, 0.3) is 0 Å². The fraction of sp³-hybridized carbons (Fsp3) is 0.458. The molecule has 164 valence electrons. The van der Waals surface area contributed by atoms with E-state index in [9.17, 15) is 9.90 Å². The lowest BCUT2D eigenvalue weighted by Crippen LogP contribution is -2.80. The summed E-state index contributed by atoms with van der Waals surface area (Å²) in [4.78, 5) is 20.2. The molecule has 1 N–H and O–H groups in total. The number of morpholine rings is 1. The first-order valence-electron chi connectivity index (χ1n) is 10.8. The Labute approximate surface area is 182 Å². The van der Waals surface area contributed by atoms with Crippen molar-refractivity contribution >= 4 is 5.91 Å². The summed E-state index contributed by atoms with van der Waals surface area (Å²) in [5.74, 6) is 1.15. The van der Waals surface area contributed by atoms with Crippen LogP contribution in [0, 0.1) is 0 Å². The summed E-state index contributed by atoms with van der Waals surface area (Å²) < 4.78 is 11.0. The Balaban J connectivity index is 1.33. The van der Waals surface area contributed by atoms with Crippen LogP contribution in [0.5, 0.6) is 11.5 Å². The second-order valence-corrected chi connectivity index (χ2v) is 8.83. The summed E-state index contributed by atoms with van der Waals surface area (Å²) in [5, 5.41) is 10.1. The number of fused-ring (bicyclic) bond motifs is 2. The topological polar surface area (TPSA) is 65.5 Å². The third-order valence-electron chi connectivity index (χ3n) is 6.80. The standard InChI is InChI=1S/C24H29N3O4/c1-30-21-8-6-18(7-9-21)23(29)26-13-20-14-31-11-10-27(20)24(17-26)15-25(16-24)12-19-4-2-3-5-22(19)28/h2-9,20,28H,10-17H2,1H3/t20-/m1/s1. The van der Waals surface area contributed by atoms with E-state index in [-0.39, 0.29) is 17.5 Å². The molecule has 3 fully saturated rings. The van der Waals surface area contributed by atoms with E-state index in [0.29, 0.717) is 31.0 Å². The van der Waals surface area contributed by atoms with Crippen molar-refractivity contribution < 1.29 is 19.4 Å². The lowest BCUT2D eigenvalue weighted by molar-refractivity contribution is -0.160. The molecular formula is C24H29N3O4. The van der Waals surface area contributed by atoms with Gasteiger partial charge in [0.2, 0.25) is 0 Å². The number of ether oxygens (including phenoxy) is 2. The lowest BCUT2D eigenvalue weighted by atomic mass is 9.82. The average molecular weight is 424 g/mol. The number of nitrogens with zero attached hydrogens (tertiary/aromatic N) is 3. The predicted molar refractivity (Wildman–Crippen MR) is 116 cm³/mol. The third kappa shape index (κ3) is 3.78. The average Bonchev–Trinajstić information content (AvgIpc) is 2.79. The van der Waals surface area contributed by atoms with E-state index < -0.39 is 0 Å². The van der Waals surface area contributed by atoms with Gasteiger partial charge in [-0.1, -0.05) is 18.2 Å². The van der Waals surface area contributed by atoms with Crippen molar-refractivity contribution in [2.24, 2.45) is 0 Å². The van der Waals surface area contributed by atoms with Crippen LogP contribution in [-0.2, 0) is 11.3 Å². The molecule has 31 heavy (non-hydrogen) atoms. The highest BCUT2D eigenvalue weighted by atomic mass is 16.5. The zero-order valence-corrected chi connectivity index (χ0v) is 17.9. The Kier molecular flexibility index (Phi) is 5.33. The number of methoxy groups -OCH3 is 1. The first-order chi connectivity index (χ1) is 15.1. The highest BCUT2D eigenvalue weighted by Gasteiger charge is 2.54. The molecule has 0 aromatic heterocycles. The molecule has 7 nitrogen and oxygen atoms in total. The molecule has 3 heterocycles. The molecule has 1 atom stereocenters. The molecule has 3 aliphatic heterocycles. The van der Waals surface area contributed by atoms with E-state index in [1.54, 1.807) is 13.2 Å². The highest BCUT2D eigenvalue weighted by molar-refractivity contribution is 5.94. The Morgan fingerprint density at radius 2 is 1.94 bits per heavy atom. The van der Waals surface area contributed by atoms with Gasteiger partial charge in [0.15, 0.2) is 0 Å². The summed E-state index contributed by atoms with van der Waals surface area (Å²) in [6.07, 6.45) is 0. The number of aromatic hydroxyl groups is 1. The lowest BCUT2D eigenvalue weighted by Gasteiger charge is -2.63. The van der Waals surface area contributed by atoms with Crippen molar-refractivity contribution in [3.63, 3.8) is 0 Å². The first-order valence-corrected chi connectivity index (χ1v) is 10.8. The van der Waals surface area contributed by atoms with E-state index in [4.69, 9.17) is 9.47 Å². The van der Waals surface area contributed by atoms with E-state index in [2.05, 4.69) is 9.80 Å². The molecule has 2 aromatic rings. The van der Waals surface area contributed by atoms with Crippen molar-refractivity contribution in [3.05, 3.63) is 59.7 Å². The molecule has 0 bridgehead atoms. The molecule has 7 heteroatoms. The van der Waals surface area contributed by atoms with Gasteiger partial charge >= 0.3 is 0 Å². The number of phenols is 1. The molecule has 0 unspecified atom stereocenters. The van der Waals surface area contributed by atoms with Crippen molar-refractivity contribution in [1.82, 2.24) is 14.7 Å². The highest BCUT2D eigenvalue weighted by Crippen LogP contribution is 2.37. The first kappa shape index (κ1) is 20.3. The zero-order valence-electron chi connectivity index (χ0n) is 17.9. The Bertz CT molecular complexity index is 942. The van der Waals surface area contributed by atoms with Gasteiger partial charge in [0.05, 0.1) is 31.9 Å². The molecule has 0 radical (unpaired) electrons. The molecule has 3 saturated heterocycles. The number of phenolic OH excluding ortho intramolecular Hbond substituents is 1. The summed E-state index contributed by atoms with van der Waals surface area (Å²) in [5.41, 5.74) is 1.57. The summed E-state index contributed by atoms with van der Waals surface area (Å²) >= 11 is 0. The van der Waals surface area contributed by atoms with Gasteiger partial charge in [-0.3, -0.25) is 14.6 Å². The van der Waals surface area contributed by atoms with E-state index in [1.807, 2.05) is 47.4 Å². The van der Waals surface area contributed by atoms with Gasteiger partial charge in [-0.25, -0.2) is 0 Å². The number of piperazine rings is 1. The maximum absolute atomic E-state index is 13.3. The van der Waals surface area contributed by atoms with Crippen LogP contribution >= 0.6 is 0 Å². The normalized spacial score (nSPS) is 23.3. The number of benzene rings is 2. The van der Waals surface area contributed by atoms with Gasteiger partial charge in [-0.2, -0.15) is 0 Å². The van der Waals surface area contributed by atoms with Crippen LogP contribution in [0.3, 0.4) is 0 Å². The Hall–Kier alpha value is -2.61. The number of rotatable bonds is 4. The van der Waals surface area contributed by atoms with Crippen LogP contribution in [-0.4, -0.2) is 90.3 Å². The molecular weight excluding hydrogens is 394 g/mol. The predicted octanol–water partition coefficient (Wildman–Crippen LogP) is 1.81. The molecule has 5 rings (SSSR count). The number of para-hydroxylation sites is 1. The SMILES string of the molecule is COc1ccc(C(=O)N2C[C@@H]3COCCN3C3(CN(Cc4ccccc4O)C3)C2)cc1. The molecule has 1 amide bonds. The Morgan fingerprint density at radius 3 is 2.68 bits per heavy atom. The monoisotopic (exact) mass is 423 g/mol. The number of hydrogen-bond acceptors (Lipinski definition) is 6. The maximum atomic E-state index is 13.3. The zero-order chi connectivity index (χ0) is 21.4. The molecule has 3 aliphatic rings. The van der Waals surface area contributed by atoms with Crippen molar-refractivity contribution in [2.45, 2.75) is 18.1 Å². The minimum Gasteiger partial charge on any atom is -0.508 e. The van der Waals surface area contributed by atoms with Crippen LogP contribution in [0.4, 0.5) is 0 Å². The number of hydrogen-bond donors (Lipinski definition) is 1. The fourth-order valence-corrected chi connectivity index (χ4v) is 5.33. The number of amides is 1. The van der Waals surface area contributed by atoms with Crippen LogP contribution in [0.1, 0.15) is 15.9 Å². The van der Waals surface area contributed by atoms with Crippen molar-refractivity contribution in [3.8, 4) is 11.5 Å². The van der Waals surface area contributed by atoms with E-state index >= 15 is 0 Å². The number of likely N-dealkylation sites (tertiary alicyclic amines) is 1. The van der Waals surface area contributed by atoms with Gasteiger partial charge in [-0.05, 0) is 30.3 Å². The minimum atomic E-state index is -0.0563. The second kappa shape index (κ2) is 8.15. The van der Waals surface area contributed by atoms with Gasteiger partial charge in [0, 0.05) is 50.4 Å². The van der Waals surface area contributed by atoms with Crippen LogP contribution in [0.2, 0.25) is 0 Å². The summed E-state index contributed by atoms with van der Waals surface area (Å²) in [6.45, 7) is 6.18. The Morgan fingerprint density at radius 1 is 1.16 bits per heavy atom. The van der Waals surface area contributed by atoms with Crippen LogP contribution < -0.4 is 4.74 Å². The van der Waals surface area contributed by atoms with Gasteiger partial charge in [0.1, 0.15) is 11.5 Å². The molecule has 0 aliphatic carbocycles. The number of carbonyl (C=O) groups excluding carboxylic acids is 1. The van der Waals surface area contributed by atoms with Crippen molar-refractivity contribution in [1.29, 1.82) is 0 Å². The second-order valence-electron chi connectivity index (χ2n) is 8.83.